The highest BCUT2D eigenvalue weighted by Gasteiger charge is 2.04. The molecule has 0 heterocycles. The van der Waals surface area contributed by atoms with E-state index in [1.807, 2.05) is 39.0 Å². The average Bonchev–Trinajstić information content (AvgIpc) is 2.20. The predicted molar refractivity (Wildman–Crippen MR) is 68.3 cm³/mol. The van der Waals surface area contributed by atoms with E-state index in [9.17, 15) is 5.11 Å². The third-order valence-corrected chi connectivity index (χ3v) is 2.15. The fraction of sp³-hybridized carbons (Fsp3) is 0.429. The van der Waals surface area contributed by atoms with Crippen LogP contribution in [0.5, 0.6) is 5.75 Å². The quantitative estimate of drug-likeness (QED) is 0.751. The molecule has 0 saturated carbocycles. The number of hydrogen-bond donors (Lipinski definition) is 1. The maximum Gasteiger partial charge on any atom is 0.123 e. The highest BCUT2D eigenvalue weighted by atomic mass is 16.3. The molecule has 0 atom stereocenters. The van der Waals surface area contributed by atoms with Crippen LogP contribution in [0.3, 0.4) is 0 Å². The molecule has 0 aliphatic rings. The van der Waals surface area contributed by atoms with Gasteiger partial charge < -0.3 is 5.11 Å². The van der Waals surface area contributed by atoms with E-state index in [4.69, 9.17) is 0 Å². The summed E-state index contributed by atoms with van der Waals surface area (Å²) in [5.74, 6) is 0.781. The van der Waals surface area contributed by atoms with Gasteiger partial charge in [0.15, 0.2) is 0 Å². The van der Waals surface area contributed by atoms with Crippen molar-refractivity contribution in [3.63, 3.8) is 0 Å². The molecule has 1 N–H and O–H groups in total. The Labute approximate surface area is 93.5 Å². The van der Waals surface area contributed by atoms with Crippen LogP contribution in [-0.4, -0.2) is 5.11 Å². The second kappa shape index (κ2) is 6.28. The molecule has 0 spiro atoms. The lowest BCUT2D eigenvalue weighted by Gasteiger charge is -2.09. The van der Waals surface area contributed by atoms with Crippen LogP contribution in [0.2, 0.25) is 0 Å². The maximum atomic E-state index is 9.65. The third-order valence-electron chi connectivity index (χ3n) is 2.15. The van der Waals surface area contributed by atoms with Crippen LogP contribution >= 0.6 is 0 Å². The van der Waals surface area contributed by atoms with Gasteiger partial charge in [0.1, 0.15) is 5.75 Å². The Bertz CT molecular complexity index is 324. The second-order valence-corrected chi connectivity index (χ2v) is 3.71. The first-order valence-electron chi connectivity index (χ1n) is 5.51. The Morgan fingerprint density at radius 2 is 1.80 bits per heavy atom. The number of rotatable bonds is 2. The molecule has 84 valence electrons. The molecular formula is C14H22O. The highest BCUT2D eigenvalue weighted by Crippen LogP contribution is 2.27. The van der Waals surface area contributed by atoms with Gasteiger partial charge in [-0.3, -0.25) is 0 Å². The summed E-state index contributed by atoms with van der Waals surface area (Å²) in [4.78, 5) is 0. The van der Waals surface area contributed by atoms with Crippen molar-refractivity contribution >= 4 is 5.57 Å². The smallest absolute Gasteiger partial charge is 0.123 e. The molecule has 0 bridgehead atoms. The molecule has 0 amide bonds. The first-order valence-corrected chi connectivity index (χ1v) is 5.51. The van der Waals surface area contributed by atoms with E-state index in [0.717, 1.165) is 16.7 Å². The summed E-state index contributed by atoms with van der Waals surface area (Å²) in [6.07, 6.45) is 0. The van der Waals surface area contributed by atoms with E-state index < -0.39 is 0 Å². The van der Waals surface area contributed by atoms with Gasteiger partial charge in [-0.15, -0.1) is 0 Å². The van der Waals surface area contributed by atoms with Gasteiger partial charge in [-0.1, -0.05) is 46.4 Å². The van der Waals surface area contributed by atoms with Crippen LogP contribution < -0.4 is 0 Å². The van der Waals surface area contributed by atoms with Crippen LogP contribution in [-0.2, 0) is 0 Å². The molecule has 0 aliphatic carbocycles. The van der Waals surface area contributed by atoms with E-state index in [-0.39, 0.29) is 0 Å². The van der Waals surface area contributed by atoms with Crippen molar-refractivity contribution in [3.8, 4) is 5.75 Å². The standard InChI is InChI=1S/C12H16O.C2H6/c1-8(2)10-5-6-11(9(3)4)12(13)7-10;1-2/h5-8,13H,3H2,1-2,4H3;1-2H3. The lowest BCUT2D eigenvalue weighted by atomic mass is 9.99. The largest absolute Gasteiger partial charge is 0.507 e. The van der Waals surface area contributed by atoms with Crippen LogP contribution in [0.25, 0.3) is 5.57 Å². The SMILES string of the molecule is C=C(C)c1ccc(C(C)C)cc1O.CC. The van der Waals surface area contributed by atoms with Crippen molar-refractivity contribution in [3.05, 3.63) is 35.9 Å². The molecule has 0 aliphatic heterocycles. The molecule has 0 saturated heterocycles. The normalized spacial score (nSPS) is 9.47. The van der Waals surface area contributed by atoms with Crippen LogP contribution in [0.15, 0.2) is 24.8 Å². The van der Waals surface area contributed by atoms with Crippen LogP contribution in [0, 0.1) is 0 Å². The minimum absolute atomic E-state index is 0.332. The number of phenols is 1. The number of hydrogen-bond acceptors (Lipinski definition) is 1. The van der Waals surface area contributed by atoms with Gasteiger partial charge >= 0.3 is 0 Å². The summed E-state index contributed by atoms with van der Waals surface area (Å²) < 4.78 is 0. The highest BCUT2D eigenvalue weighted by molar-refractivity contribution is 5.67. The fourth-order valence-electron chi connectivity index (χ4n) is 1.27. The molecular weight excluding hydrogens is 184 g/mol. The monoisotopic (exact) mass is 206 g/mol. The Kier molecular flexibility index (Phi) is 5.76. The van der Waals surface area contributed by atoms with Crippen molar-refractivity contribution < 1.29 is 5.11 Å². The number of allylic oxidation sites excluding steroid dienone is 1. The van der Waals surface area contributed by atoms with Crippen molar-refractivity contribution in [1.82, 2.24) is 0 Å². The number of phenolic OH excluding ortho intramolecular Hbond substituents is 1. The zero-order valence-electron chi connectivity index (χ0n) is 10.5. The summed E-state index contributed by atoms with van der Waals surface area (Å²) in [7, 11) is 0. The van der Waals surface area contributed by atoms with Gasteiger partial charge in [0, 0.05) is 5.56 Å². The predicted octanol–water partition coefficient (Wildman–Crippen LogP) is 4.57. The molecule has 0 unspecified atom stereocenters. The van der Waals surface area contributed by atoms with Gasteiger partial charge in [-0.05, 0) is 30.0 Å². The number of benzene rings is 1. The molecule has 15 heavy (non-hydrogen) atoms. The van der Waals surface area contributed by atoms with Crippen LogP contribution in [0.4, 0.5) is 0 Å². The summed E-state index contributed by atoms with van der Waals surface area (Å²) >= 11 is 0. The van der Waals surface area contributed by atoms with Crippen LogP contribution in [0.1, 0.15) is 51.7 Å². The Morgan fingerprint density at radius 1 is 1.27 bits per heavy atom. The lowest BCUT2D eigenvalue weighted by molar-refractivity contribution is 0.472. The molecule has 0 fully saturated rings. The zero-order valence-corrected chi connectivity index (χ0v) is 10.5. The molecule has 1 nitrogen and oxygen atoms in total. The molecule has 1 aromatic carbocycles. The first kappa shape index (κ1) is 13.8. The topological polar surface area (TPSA) is 20.2 Å². The van der Waals surface area contributed by atoms with Gasteiger partial charge in [0.2, 0.25) is 0 Å². The van der Waals surface area contributed by atoms with Crippen molar-refractivity contribution in [2.75, 3.05) is 0 Å². The Morgan fingerprint density at radius 3 is 2.13 bits per heavy atom. The first-order chi connectivity index (χ1) is 7.02. The minimum Gasteiger partial charge on any atom is -0.507 e. The zero-order chi connectivity index (χ0) is 12.0. The molecule has 1 aromatic rings. The van der Waals surface area contributed by atoms with E-state index >= 15 is 0 Å². The molecule has 1 rings (SSSR count). The summed E-state index contributed by atoms with van der Waals surface area (Å²) in [6, 6.07) is 5.77. The fourth-order valence-corrected chi connectivity index (χ4v) is 1.27. The van der Waals surface area contributed by atoms with E-state index in [1.165, 1.54) is 0 Å². The lowest BCUT2D eigenvalue weighted by Crippen LogP contribution is -1.88. The van der Waals surface area contributed by atoms with E-state index in [0.29, 0.717) is 11.7 Å². The van der Waals surface area contributed by atoms with Gasteiger partial charge in [0.25, 0.3) is 0 Å². The molecule has 1 heteroatoms. The van der Waals surface area contributed by atoms with Gasteiger partial charge in [0.05, 0.1) is 0 Å². The summed E-state index contributed by atoms with van der Waals surface area (Å²) in [6.45, 7) is 13.9. The summed E-state index contributed by atoms with van der Waals surface area (Å²) in [5.41, 5.74) is 2.89. The third kappa shape index (κ3) is 3.78. The van der Waals surface area contributed by atoms with Gasteiger partial charge in [-0.25, -0.2) is 0 Å². The summed E-state index contributed by atoms with van der Waals surface area (Å²) in [5, 5.41) is 9.65. The van der Waals surface area contributed by atoms with E-state index in [2.05, 4.69) is 20.4 Å². The molecule has 0 radical (unpaired) electrons. The minimum atomic E-state index is 0.332. The Balaban J connectivity index is 0.000000921. The average molecular weight is 206 g/mol. The van der Waals surface area contributed by atoms with Gasteiger partial charge in [-0.2, -0.15) is 0 Å². The van der Waals surface area contributed by atoms with Crippen molar-refractivity contribution in [2.45, 2.75) is 40.5 Å². The van der Waals surface area contributed by atoms with Crippen molar-refractivity contribution in [2.24, 2.45) is 0 Å². The van der Waals surface area contributed by atoms with E-state index in [1.54, 1.807) is 0 Å². The van der Waals surface area contributed by atoms with Crippen molar-refractivity contribution in [1.29, 1.82) is 0 Å². The maximum absolute atomic E-state index is 9.65. The Hall–Kier alpha value is -1.24. The number of aromatic hydroxyl groups is 1. The molecule has 0 aromatic heterocycles. The second-order valence-electron chi connectivity index (χ2n) is 3.71.